The fourth-order valence-electron chi connectivity index (χ4n) is 3.97. The predicted molar refractivity (Wildman–Crippen MR) is 135 cm³/mol. The van der Waals surface area contributed by atoms with Crippen LogP contribution in [0.4, 0.5) is 14.5 Å². The molecular formula is C28H20F2N4O3. The molecule has 0 aliphatic rings. The van der Waals surface area contributed by atoms with Crippen LogP contribution >= 0.6 is 0 Å². The minimum Gasteiger partial charge on any atom is -0.462 e. The topological polar surface area (TPSA) is 86.1 Å². The molecule has 0 aliphatic heterocycles. The highest BCUT2D eigenvalue weighted by Gasteiger charge is 2.21. The molecule has 37 heavy (non-hydrogen) atoms. The summed E-state index contributed by atoms with van der Waals surface area (Å²) in [5, 5.41) is 2.68. The van der Waals surface area contributed by atoms with Crippen LogP contribution in [0, 0.1) is 11.6 Å². The summed E-state index contributed by atoms with van der Waals surface area (Å²) in [4.78, 5) is 34.7. The van der Waals surface area contributed by atoms with E-state index in [1.807, 2.05) is 30.3 Å². The first-order valence-corrected chi connectivity index (χ1v) is 11.4. The average Bonchev–Trinajstić information content (AvgIpc) is 3.28. The summed E-state index contributed by atoms with van der Waals surface area (Å²) in [7, 11) is 0. The molecule has 0 radical (unpaired) electrons. The lowest BCUT2D eigenvalue weighted by Crippen LogP contribution is -2.17. The second-order valence-electron chi connectivity index (χ2n) is 8.01. The molecule has 5 aromatic rings. The van der Waals surface area contributed by atoms with Gasteiger partial charge in [-0.05, 0) is 61.5 Å². The molecule has 7 nitrogen and oxygen atoms in total. The molecule has 0 bridgehead atoms. The maximum atomic E-state index is 14.4. The van der Waals surface area contributed by atoms with Crippen molar-refractivity contribution in [2.24, 2.45) is 0 Å². The number of amides is 1. The number of pyridine rings is 1. The van der Waals surface area contributed by atoms with E-state index in [2.05, 4.69) is 10.3 Å². The molecule has 0 saturated heterocycles. The molecule has 3 aromatic carbocycles. The highest BCUT2D eigenvalue weighted by atomic mass is 19.1. The van der Waals surface area contributed by atoms with Crippen LogP contribution in [0.3, 0.4) is 0 Å². The molecule has 0 fully saturated rings. The maximum Gasteiger partial charge on any atom is 0.338 e. The Bertz CT molecular complexity index is 1630. The number of nitrogens with zero attached hydrogens (tertiary/aromatic N) is 3. The molecule has 0 aliphatic carbocycles. The Balaban J connectivity index is 1.70. The lowest BCUT2D eigenvalue weighted by atomic mass is 10.1. The Hall–Kier alpha value is -4.92. The number of fused-ring (bicyclic) bond motifs is 1. The van der Waals surface area contributed by atoms with E-state index in [4.69, 9.17) is 9.72 Å². The van der Waals surface area contributed by atoms with Crippen LogP contribution in [0.15, 0.2) is 85.1 Å². The van der Waals surface area contributed by atoms with Crippen LogP contribution in [-0.4, -0.2) is 33.0 Å². The predicted octanol–water partition coefficient (Wildman–Crippen LogP) is 5.79. The zero-order chi connectivity index (χ0) is 25.9. The van der Waals surface area contributed by atoms with Crippen molar-refractivity contribution in [3.05, 3.63) is 108 Å². The Labute approximate surface area is 210 Å². The third-order valence-corrected chi connectivity index (χ3v) is 5.63. The summed E-state index contributed by atoms with van der Waals surface area (Å²) in [6.07, 6.45) is 1.64. The van der Waals surface area contributed by atoms with Gasteiger partial charge in [-0.2, -0.15) is 0 Å². The second kappa shape index (κ2) is 9.98. The van der Waals surface area contributed by atoms with Gasteiger partial charge in [-0.3, -0.25) is 14.3 Å². The molecule has 0 saturated carbocycles. The lowest BCUT2D eigenvalue weighted by Gasteiger charge is -2.16. The standard InChI is InChI=1S/C28H20F2N4O3/c1-2-37-28(36)17-10-13-25(23(15-17)33-27(35)19-12-11-18(29)16-20(19)30)34-24-9-4-3-7-21(24)32-26(34)22-8-5-6-14-31-22/h3-16H,2H2,1H3,(H,33,35). The Kier molecular flexibility index (Phi) is 6.42. The first kappa shape index (κ1) is 23.8. The minimum atomic E-state index is -1.01. The van der Waals surface area contributed by atoms with Crippen molar-refractivity contribution in [2.75, 3.05) is 11.9 Å². The van der Waals surface area contributed by atoms with Crippen LogP contribution in [0.2, 0.25) is 0 Å². The number of anilines is 1. The number of imidazole rings is 1. The van der Waals surface area contributed by atoms with Crippen LogP contribution in [0.5, 0.6) is 0 Å². The first-order chi connectivity index (χ1) is 18.0. The quantitative estimate of drug-likeness (QED) is 0.299. The number of hydrogen-bond donors (Lipinski definition) is 1. The van der Waals surface area contributed by atoms with Crippen molar-refractivity contribution in [3.63, 3.8) is 0 Å². The number of carbonyl (C=O) groups is 2. The molecule has 5 rings (SSSR count). The van der Waals surface area contributed by atoms with Gasteiger partial charge in [0, 0.05) is 12.3 Å². The van der Waals surface area contributed by atoms with Crippen LogP contribution in [-0.2, 0) is 4.74 Å². The fraction of sp³-hybridized carbons (Fsp3) is 0.0714. The Morgan fingerprint density at radius 3 is 2.54 bits per heavy atom. The number of benzene rings is 3. The van der Waals surface area contributed by atoms with E-state index in [1.165, 1.54) is 6.07 Å². The molecule has 9 heteroatoms. The molecule has 0 atom stereocenters. The van der Waals surface area contributed by atoms with Crippen molar-refractivity contribution in [2.45, 2.75) is 6.92 Å². The van der Waals surface area contributed by atoms with Crippen LogP contribution in [0.1, 0.15) is 27.6 Å². The third kappa shape index (κ3) is 4.66. The van der Waals surface area contributed by atoms with Gasteiger partial charge in [0.25, 0.3) is 5.91 Å². The number of rotatable bonds is 6. The summed E-state index contributed by atoms with van der Waals surface area (Å²) in [6, 6.07) is 20.2. The number of hydrogen-bond acceptors (Lipinski definition) is 5. The van der Waals surface area contributed by atoms with Gasteiger partial charge < -0.3 is 10.1 Å². The van der Waals surface area contributed by atoms with Crippen LogP contribution in [0.25, 0.3) is 28.2 Å². The molecule has 2 heterocycles. The molecule has 1 amide bonds. The van der Waals surface area contributed by atoms with Crippen LogP contribution < -0.4 is 5.32 Å². The summed E-state index contributed by atoms with van der Waals surface area (Å²) in [5.74, 6) is -2.72. The highest BCUT2D eigenvalue weighted by Crippen LogP contribution is 2.32. The monoisotopic (exact) mass is 498 g/mol. The first-order valence-electron chi connectivity index (χ1n) is 11.4. The molecule has 184 valence electrons. The van der Waals surface area contributed by atoms with Gasteiger partial charge >= 0.3 is 5.97 Å². The lowest BCUT2D eigenvalue weighted by molar-refractivity contribution is 0.0526. The number of para-hydroxylation sites is 2. The van der Waals surface area contributed by atoms with Gasteiger partial charge in [0.1, 0.15) is 17.3 Å². The van der Waals surface area contributed by atoms with Gasteiger partial charge in [0.15, 0.2) is 5.82 Å². The van der Waals surface area contributed by atoms with E-state index in [9.17, 15) is 18.4 Å². The van der Waals surface area contributed by atoms with Gasteiger partial charge in [-0.15, -0.1) is 0 Å². The van der Waals surface area contributed by atoms with E-state index in [0.717, 1.165) is 17.6 Å². The number of nitrogens with one attached hydrogen (secondary N) is 1. The molecule has 0 unspecified atom stereocenters. The zero-order valence-electron chi connectivity index (χ0n) is 19.6. The largest absolute Gasteiger partial charge is 0.462 e. The zero-order valence-corrected chi connectivity index (χ0v) is 19.6. The van der Waals surface area contributed by atoms with Crippen molar-refractivity contribution in [3.8, 4) is 17.2 Å². The minimum absolute atomic E-state index is 0.166. The SMILES string of the molecule is CCOC(=O)c1ccc(-n2c(-c3ccccn3)nc3ccccc32)c(NC(=O)c2ccc(F)cc2F)c1. The van der Waals surface area contributed by atoms with Crippen molar-refractivity contribution >= 4 is 28.6 Å². The number of aromatic nitrogens is 3. The molecule has 1 N–H and O–H groups in total. The second-order valence-corrected chi connectivity index (χ2v) is 8.01. The van der Waals surface area contributed by atoms with E-state index in [0.29, 0.717) is 28.8 Å². The molecule has 2 aromatic heterocycles. The number of carbonyl (C=O) groups excluding carboxylic acids is 2. The van der Waals surface area contributed by atoms with Gasteiger partial charge in [-0.1, -0.05) is 18.2 Å². The van der Waals surface area contributed by atoms with E-state index >= 15 is 0 Å². The Morgan fingerprint density at radius 2 is 1.78 bits per heavy atom. The Morgan fingerprint density at radius 1 is 0.973 bits per heavy atom. The summed E-state index contributed by atoms with van der Waals surface area (Å²) in [5.41, 5.74) is 2.46. The van der Waals surface area contributed by atoms with E-state index in [1.54, 1.807) is 42.0 Å². The normalized spacial score (nSPS) is 10.9. The summed E-state index contributed by atoms with van der Waals surface area (Å²) >= 11 is 0. The average molecular weight is 498 g/mol. The molecule has 0 spiro atoms. The highest BCUT2D eigenvalue weighted by molar-refractivity contribution is 6.06. The van der Waals surface area contributed by atoms with E-state index < -0.39 is 23.5 Å². The van der Waals surface area contributed by atoms with Gasteiger partial charge in [-0.25, -0.2) is 18.6 Å². The summed E-state index contributed by atoms with van der Waals surface area (Å²) in [6.45, 7) is 1.85. The number of halogens is 2. The number of esters is 1. The number of ether oxygens (including phenoxy) is 1. The van der Waals surface area contributed by atoms with E-state index in [-0.39, 0.29) is 23.4 Å². The van der Waals surface area contributed by atoms with Crippen molar-refractivity contribution in [1.29, 1.82) is 0 Å². The summed E-state index contributed by atoms with van der Waals surface area (Å²) < 4.78 is 34.7. The van der Waals surface area contributed by atoms with Crippen molar-refractivity contribution < 1.29 is 23.1 Å². The van der Waals surface area contributed by atoms with Gasteiger partial charge in [0.2, 0.25) is 0 Å². The van der Waals surface area contributed by atoms with Gasteiger partial charge in [0.05, 0.1) is 40.1 Å². The third-order valence-electron chi connectivity index (χ3n) is 5.63. The smallest absolute Gasteiger partial charge is 0.338 e. The fourth-order valence-corrected chi connectivity index (χ4v) is 3.97. The molecular weight excluding hydrogens is 478 g/mol. The van der Waals surface area contributed by atoms with Crippen molar-refractivity contribution in [1.82, 2.24) is 14.5 Å². The maximum absolute atomic E-state index is 14.4.